The van der Waals surface area contributed by atoms with Gasteiger partial charge in [-0.3, -0.25) is 4.79 Å². The lowest BCUT2D eigenvalue weighted by atomic mass is 10.2. The van der Waals surface area contributed by atoms with E-state index in [1.165, 1.54) is 11.3 Å². The highest BCUT2D eigenvalue weighted by molar-refractivity contribution is 7.15. The molecule has 8 heteroatoms. The number of aromatic nitrogens is 2. The molecule has 0 saturated heterocycles. The van der Waals surface area contributed by atoms with Crippen LogP contribution in [0.2, 0.25) is 0 Å². The van der Waals surface area contributed by atoms with Crippen molar-refractivity contribution in [3.05, 3.63) is 87.2 Å². The largest absolute Gasteiger partial charge is 0.497 e. The maximum Gasteiger partial charge on any atom is 0.274 e. The van der Waals surface area contributed by atoms with E-state index in [0.717, 1.165) is 28.1 Å². The summed E-state index contributed by atoms with van der Waals surface area (Å²) in [5, 5.41) is 0. The molecule has 0 aliphatic carbocycles. The summed E-state index contributed by atoms with van der Waals surface area (Å²) in [6, 6.07) is 20.9. The summed E-state index contributed by atoms with van der Waals surface area (Å²) in [7, 11) is 1.63. The number of methoxy groups -OCH3 is 1. The molecule has 5 aromatic rings. The molecule has 36 heavy (non-hydrogen) atoms. The first-order valence-electron chi connectivity index (χ1n) is 11.7. The number of imidazole rings is 1. The first-order chi connectivity index (χ1) is 17.7. The van der Waals surface area contributed by atoms with E-state index in [0.29, 0.717) is 47.2 Å². The Labute approximate surface area is 212 Å². The zero-order valence-corrected chi connectivity index (χ0v) is 20.9. The molecule has 2 aromatic heterocycles. The maximum absolute atomic E-state index is 13.1. The molecule has 0 aliphatic heterocycles. The van der Waals surface area contributed by atoms with Crippen molar-refractivity contribution in [1.82, 2.24) is 9.38 Å². The Morgan fingerprint density at radius 2 is 1.75 bits per heavy atom. The highest BCUT2D eigenvalue weighted by Crippen LogP contribution is 2.29. The van der Waals surface area contributed by atoms with Gasteiger partial charge in [0.15, 0.2) is 16.5 Å². The predicted octanol–water partition coefficient (Wildman–Crippen LogP) is 4.71. The Hall–Kier alpha value is -4.04. The molecule has 0 radical (unpaired) electrons. The zero-order chi connectivity index (χ0) is 24.9. The highest BCUT2D eigenvalue weighted by atomic mass is 32.1. The van der Waals surface area contributed by atoms with Crippen molar-refractivity contribution in [1.29, 1.82) is 0 Å². The van der Waals surface area contributed by atoms with Crippen LogP contribution in [0, 0.1) is 0 Å². The minimum absolute atomic E-state index is 0.0713. The van der Waals surface area contributed by atoms with Gasteiger partial charge in [0.1, 0.15) is 11.5 Å². The normalized spacial score (nSPS) is 11.8. The molecule has 5 rings (SSSR count). The van der Waals surface area contributed by atoms with Crippen LogP contribution in [0.25, 0.3) is 22.1 Å². The SMILES string of the molecule is CCOc1cc(C=c2sc3nc4ccccc4n3c2=O)ccc1OCCCOc1cccc(OC)c1. The van der Waals surface area contributed by atoms with Gasteiger partial charge in [-0.1, -0.05) is 35.6 Å². The van der Waals surface area contributed by atoms with Crippen LogP contribution < -0.4 is 29.0 Å². The average Bonchev–Trinajstić information content (AvgIpc) is 3.41. The van der Waals surface area contributed by atoms with E-state index in [1.807, 2.05) is 79.7 Å². The van der Waals surface area contributed by atoms with E-state index in [9.17, 15) is 4.79 Å². The van der Waals surface area contributed by atoms with Gasteiger partial charge in [-0.05, 0) is 55.0 Å². The molecule has 184 valence electrons. The Morgan fingerprint density at radius 3 is 2.61 bits per heavy atom. The minimum atomic E-state index is -0.0713. The van der Waals surface area contributed by atoms with Gasteiger partial charge in [-0.25, -0.2) is 9.38 Å². The van der Waals surface area contributed by atoms with Crippen molar-refractivity contribution in [2.45, 2.75) is 13.3 Å². The van der Waals surface area contributed by atoms with E-state index in [-0.39, 0.29) is 5.56 Å². The van der Waals surface area contributed by atoms with Crippen molar-refractivity contribution >= 4 is 33.4 Å². The molecule has 7 nitrogen and oxygen atoms in total. The van der Waals surface area contributed by atoms with Gasteiger partial charge >= 0.3 is 0 Å². The van der Waals surface area contributed by atoms with Crippen LogP contribution in [0.4, 0.5) is 0 Å². The van der Waals surface area contributed by atoms with Gasteiger partial charge < -0.3 is 18.9 Å². The summed E-state index contributed by atoms with van der Waals surface area (Å²) in [5.41, 5.74) is 2.43. The third kappa shape index (κ3) is 4.99. The maximum atomic E-state index is 13.1. The topological polar surface area (TPSA) is 71.3 Å². The van der Waals surface area contributed by atoms with Gasteiger partial charge in [-0.2, -0.15) is 0 Å². The van der Waals surface area contributed by atoms with Crippen LogP contribution in [-0.4, -0.2) is 36.3 Å². The average molecular weight is 503 g/mol. The molecule has 0 fully saturated rings. The van der Waals surface area contributed by atoms with E-state index in [2.05, 4.69) is 4.98 Å². The molecule has 0 aliphatic rings. The van der Waals surface area contributed by atoms with Gasteiger partial charge in [0.05, 0.1) is 42.5 Å². The van der Waals surface area contributed by atoms with Crippen LogP contribution in [0.15, 0.2) is 71.5 Å². The van der Waals surface area contributed by atoms with Crippen molar-refractivity contribution in [3.8, 4) is 23.0 Å². The quantitative estimate of drug-likeness (QED) is 0.258. The molecular weight excluding hydrogens is 476 g/mol. The number of hydrogen-bond acceptors (Lipinski definition) is 7. The van der Waals surface area contributed by atoms with Crippen LogP contribution in [0.5, 0.6) is 23.0 Å². The fourth-order valence-electron chi connectivity index (χ4n) is 3.89. The third-order valence-electron chi connectivity index (χ3n) is 5.57. The highest BCUT2D eigenvalue weighted by Gasteiger charge is 2.11. The second-order valence-electron chi connectivity index (χ2n) is 8.00. The molecular formula is C28H26N2O5S. The molecule has 0 spiro atoms. The Balaban J connectivity index is 1.28. The van der Waals surface area contributed by atoms with E-state index in [4.69, 9.17) is 18.9 Å². The lowest BCUT2D eigenvalue weighted by Crippen LogP contribution is -2.22. The predicted molar refractivity (Wildman–Crippen MR) is 142 cm³/mol. The minimum Gasteiger partial charge on any atom is -0.497 e. The van der Waals surface area contributed by atoms with Gasteiger partial charge in [-0.15, -0.1) is 0 Å². The summed E-state index contributed by atoms with van der Waals surface area (Å²) in [4.78, 5) is 18.3. The van der Waals surface area contributed by atoms with E-state index in [1.54, 1.807) is 11.5 Å². The lowest BCUT2D eigenvalue weighted by Gasteiger charge is -2.13. The number of para-hydroxylation sites is 2. The third-order valence-corrected chi connectivity index (χ3v) is 6.54. The molecule has 0 amide bonds. The number of rotatable bonds is 10. The molecule has 3 aromatic carbocycles. The molecule has 0 bridgehead atoms. The smallest absolute Gasteiger partial charge is 0.274 e. The Kier molecular flexibility index (Phi) is 7.04. The summed E-state index contributed by atoms with van der Waals surface area (Å²) < 4.78 is 25.1. The van der Waals surface area contributed by atoms with Crippen LogP contribution in [-0.2, 0) is 0 Å². The van der Waals surface area contributed by atoms with Crippen molar-refractivity contribution in [2.24, 2.45) is 0 Å². The van der Waals surface area contributed by atoms with Gasteiger partial charge in [0.2, 0.25) is 0 Å². The summed E-state index contributed by atoms with van der Waals surface area (Å²) in [6.45, 7) is 3.43. The second-order valence-corrected chi connectivity index (χ2v) is 9.01. The molecule has 0 saturated carbocycles. The van der Waals surface area contributed by atoms with Crippen LogP contribution in [0.3, 0.4) is 0 Å². The summed E-state index contributed by atoms with van der Waals surface area (Å²) in [5.74, 6) is 2.82. The first kappa shape index (κ1) is 23.7. The summed E-state index contributed by atoms with van der Waals surface area (Å²) >= 11 is 1.38. The zero-order valence-electron chi connectivity index (χ0n) is 20.1. The standard InChI is InChI=1S/C28H26N2O5S/c1-3-33-25-16-19(17-26-27(31)30-23-11-5-4-10-22(23)29-28(30)36-26)12-13-24(25)35-15-7-14-34-21-9-6-8-20(18-21)32-2/h4-6,8-13,16-18H,3,7,14-15H2,1-2H3. The lowest BCUT2D eigenvalue weighted by molar-refractivity contribution is 0.235. The van der Waals surface area contributed by atoms with Gasteiger partial charge in [0.25, 0.3) is 5.56 Å². The van der Waals surface area contributed by atoms with Crippen LogP contribution in [0.1, 0.15) is 18.9 Å². The number of ether oxygens (including phenoxy) is 4. The van der Waals surface area contributed by atoms with Crippen LogP contribution >= 0.6 is 11.3 Å². The fourth-order valence-corrected chi connectivity index (χ4v) is 4.87. The number of nitrogens with zero attached hydrogens (tertiary/aromatic N) is 2. The number of fused-ring (bicyclic) bond motifs is 3. The number of thiazole rings is 1. The molecule has 0 unspecified atom stereocenters. The van der Waals surface area contributed by atoms with Crippen molar-refractivity contribution < 1.29 is 18.9 Å². The Morgan fingerprint density at radius 1 is 0.917 bits per heavy atom. The van der Waals surface area contributed by atoms with E-state index >= 15 is 0 Å². The van der Waals surface area contributed by atoms with E-state index < -0.39 is 0 Å². The molecule has 2 heterocycles. The fraction of sp³-hybridized carbons (Fsp3) is 0.214. The monoisotopic (exact) mass is 502 g/mol. The summed E-state index contributed by atoms with van der Waals surface area (Å²) in [6.07, 6.45) is 2.57. The van der Waals surface area contributed by atoms with Gasteiger partial charge in [0, 0.05) is 12.5 Å². The molecule has 0 atom stereocenters. The number of hydrogen-bond donors (Lipinski definition) is 0. The Bertz CT molecular complexity index is 1610. The van der Waals surface area contributed by atoms with Crippen molar-refractivity contribution in [3.63, 3.8) is 0 Å². The first-order valence-corrected chi connectivity index (χ1v) is 12.6. The second kappa shape index (κ2) is 10.7. The molecule has 0 N–H and O–H groups in total. The number of benzene rings is 3. The van der Waals surface area contributed by atoms with Crippen molar-refractivity contribution in [2.75, 3.05) is 26.9 Å².